The molecule has 6 heteroatoms. The molecule has 19 heavy (non-hydrogen) atoms. The van der Waals surface area contributed by atoms with Gasteiger partial charge in [-0.2, -0.15) is 12.7 Å². The second-order valence-electron chi connectivity index (χ2n) is 5.53. The van der Waals surface area contributed by atoms with Crippen LogP contribution in [0, 0.1) is 11.8 Å². The van der Waals surface area contributed by atoms with Gasteiger partial charge in [0.25, 0.3) is 10.2 Å². The standard InChI is InChI=1S/C13H27BrN2O2S/c1-4-12(5-2)13(14)10-15-19(17,18)16-8-6-11(3)7-9-16/h11-13,15H,4-10H2,1-3H3. The first-order chi connectivity index (χ1) is 8.90. The lowest BCUT2D eigenvalue weighted by Gasteiger charge is -2.30. The van der Waals surface area contributed by atoms with Crippen LogP contribution in [0.5, 0.6) is 0 Å². The molecule has 0 radical (unpaired) electrons. The van der Waals surface area contributed by atoms with E-state index in [0.29, 0.717) is 31.5 Å². The van der Waals surface area contributed by atoms with Crippen molar-refractivity contribution in [1.29, 1.82) is 0 Å². The molecule has 1 saturated heterocycles. The monoisotopic (exact) mass is 354 g/mol. The first-order valence-corrected chi connectivity index (χ1v) is 9.65. The van der Waals surface area contributed by atoms with Crippen molar-refractivity contribution in [2.45, 2.75) is 51.3 Å². The molecule has 0 bridgehead atoms. The van der Waals surface area contributed by atoms with Crippen molar-refractivity contribution in [3.8, 4) is 0 Å². The molecule has 1 heterocycles. The molecule has 1 aliphatic heterocycles. The van der Waals surface area contributed by atoms with Gasteiger partial charge in [0.15, 0.2) is 0 Å². The Morgan fingerprint density at radius 1 is 1.26 bits per heavy atom. The lowest BCUT2D eigenvalue weighted by Crippen LogP contribution is -2.46. The normalized spacial score (nSPS) is 20.9. The van der Waals surface area contributed by atoms with E-state index in [1.165, 1.54) is 0 Å². The Kier molecular flexibility index (Phi) is 7.29. The molecule has 114 valence electrons. The maximum atomic E-state index is 12.2. The Balaban J connectivity index is 2.46. The zero-order valence-corrected chi connectivity index (χ0v) is 14.6. The summed E-state index contributed by atoms with van der Waals surface area (Å²) in [6, 6.07) is 0. The lowest BCUT2D eigenvalue weighted by atomic mass is 10.00. The van der Waals surface area contributed by atoms with Crippen LogP contribution in [0.2, 0.25) is 0 Å². The fraction of sp³-hybridized carbons (Fsp3) is 1.00. The van der Waals surface area contributed by atoms with Crippen molar-refractivity contribution in [3.05, 3.63) is 0 Å². The van der Waals surface area contributed by atoms with Crippen molar-refractivity contribution in [2.24, 2.45) is 11.8 Å². The van der Waals surface area contributed by atoms with Gasteiger partial charge in [0.2, 0.25) is 0 Å². The summed E-state index contributed by atoms with van der Waals surface area (Å²) in [6.45, 7) is 8.23. The largest absolute Gasteiger partial charge is 0.279 e. The van der Waals surface area contributed by atoms with E-state index in [1.807, 2.05) is 0 Å². The second-order valence-corrected chi connectivity index (χ2v) is 8.46. The third-order valence-corrected chi connectivity index (χ3v) is 6.75. The molecule has 4 nitrogen and oxygen atoms in total. The Morgan fingerprint density at radius 2 is 1.79 bits per heavy atom. The molecule has 0 amide bonds. The Bertz CT molecular complexity index is 350. The summed E-state index contributed by atoms with van der Waals surface area (Å²) < 4.78 is 28.7. The highest BCUT2D eigenvalue weighted by Gasteiger charge is 2.27. The number of alkyl halides is 1. The van der Waals surface area contributed by atoms with Gasteiger partial charge in [0.1, 0.15) is 0 Å². The number of hydrogen-bond acceptors (Lipinski definition) is 2. The summed E-state index contributed by atoms with van der Waals surface area (Å²) in [5.41, 5.74) is 0. The van der Waals surface area contributed by atoms with Crippen LogP contribution in [-0.4, -0.2) is 37.2 Å². The van der Waals surface area contributed by atoms with Crippen molar-refractivity contribution >= 4 is 26.1 Å². The number of piperidine rings is 1. The van der Waals surface area contributed by atoms with E-state index in [9.17, 15) is 8.42 Å². The average Bonchev–Trinajstić information content (AvgIpc) is 2.38. The summed E-state index contributed by atoms with van der Waals surface area (Å²) in [5.74, 6) is 1.16. The van der Waals surface area contributed by atoms with E-state index in [-0.39, 0.29) is 4.83 Å². The van der Waals surface area contributed by atoms with Gasteiger partial charge in [0.05, 0.1) is 0 Å². The maximum absolute atomic E-state index is 12.2. The number of halogens is 1. The van der Waals surface area contributed by atoms with E-state index in [4.69, 9.17) is 0 Å². The lowest BCUT2D eigenvalue weighted by molar-refractivity contribution is 0.284. The van der Waals surface area contributed by atoms with Crippen molar-refractivity contribution in [1.82, 2.24) is 9.03 Å². The Labute approximate surface area is 126 Å². The quantitative estimate of drug-likeness (QED) is 0.714. The topological polar surface area (TPSA) is 49.4 Å². The van der Waals surface area contributed by atoms with Crippen LogP contribution in [0.4, 0.5) is 0 Å². The maximum Gasteiger partial charge on any atom is 0.279 e. The third-order valence-electron chi connectivity index (χ3n) is 4.10. The summed E-state index contributed by atoms with van der Waals surface area (Å²) in [7, 11) is -3.30. The fourth-order valence-electron chi connectivity index (χ4n) is 2.47. The predicted molar refractivity (Wildman–Crippen MR) is 83.7 cm³/mol. The molecule has 1 atom stereocenters. The zero-order valence-electron chi connectivity index (χ0n) is 12.2. The Morgan fingerprint density at radius 3 is 2.26 bits per heavy atom. The minimum Gasteiger partial charge on any atom is -0.201 e. The molecular weight excluding hydrogens is 328 g/mol. The van der Waals surface area contributed by atoms with Crippen LogP contribution in [0.1, 0.15) is 46.5 Å². The van der Waals surface area contributed by atoms with Gasteiger partial charge < -0.3 is 0 Å². The second kappa shape index (κ2) is 7.96. The van der Waals surface area contributed by atoms with Crippen LogP contribution in [-0.2, 0) is 10.2 Å². The summed E-state index contributed by atoms with van der Waals surface area (Å²) in [5, 5.41) is 0. The minimum atomic E-state index is -3.30. The van der Waals surface area contributed by atoms with Gasteiger partial charge in [0, 0.05) is 24.5 Å². The average molecular weight is 355 g/mol. The van der Waals surface area contributed by atoms with Gasteiger partial charge in [-0.05, 0) is 24.7 Å². The molecule has 0 aliphatic carbocycles. The van der Waals surface area contributed by atoms with Crippen LogP contribution in [0.3, 0.4) is 0 Å². The third kappa shape index (κ3) is 5.33. The van der Waals surface area contributed by atoms with E-state index in [1.54, 1.807) is 4.31 Å². The van der Waals surface area contributed by atoms with Crippen LogP contribution in [0.15, 0.2) is 0 Å². The first-order valence-electron chi connectivity index (χ1n) is 7.29. The number of nitrogens with one attached hydrogen (secondary N) is 1. The summed E-state index contributed by atoms with van der Waals surface area (Å²) >= 11 is 3.61. The smallest absolute Gasteiger partial charge is 0.201 e. The number of rotatable bonds is 7. The van der Waals surface area contributed by atoms with E-state index in [0.717, 1.165) is 25.7 Å². The molecule has 1 N–H and O–H groups in total. The number of hydrogen-bond donors (Lipinski definition) is 1. The van der Waals surface area contributed by atoms with Gasteiger partial charge in [-0.3, -0.25) is 0 Å². The van der Waals surface area contributed by atoms with Gasteiger partial charge in [-0.1, -0.05) is 49.5 Å². The molecule has 1 fully saturated rings. The highest BCUT2D eigenvalue weighted by atomic mass is 79.9. The predicted octanol–water partition coefficient (Wildman–Crippen LogP) is 2.75. The van der Waals surface area contributed by atoms with Crippen molar-refractivity contribution in [3.63, 3.8) is 0 Å². The van der Waals surface area contributed by atoms with E-state index >= 15 is 0 Å². The van der Waals surface area contributed by atoms with Crippen molar-refractivity contribution in [2.75, 3.05) is 19.6 Å². The molecule has 0 aromatic carbocycles. The fourth-order valence-corrected chi connectivity index (χ4v) is 4.86. The molecule has 0 aromatic heterocycles. The molecule has 1 rings (SSSR count). The van der Waals surface area contributed by atoms with Crippen LogP contribution in [0.25, 0.3) is 0 Å². The number of nitrogens with zero attached hydrogens (tertiary/aromatic N) is 1. The molecule has 0 aromatic rings. The Hall–Kier alpha value is 0.350. The minimum absolute atomic E-state index is 0.209. The van der Waals surface area contributed by atoms with Gasteiger partial charge >= 0.3 is 0 Å². The zero-order chi connectivity index (χ0) is 14.5. The summed E-state index contributed by atoms with van der Waals surface area (Å²) in [4.78, 5) is 0.209. The van der Waals surface area contributed by atoms with Crippen molar-refractivity contribution < 1.29 is 8.42 Å². The molecule has 1 unspecified atom stereocenters. The van der Waals surface area contributed by atoms with E-state index < -0.39 is 10.2 Å². The van der Waals surface area contributed by atoms with Crippen LogP contribution >= 0.6 is 15.9 Å². The SMILES string of the molecule is CCC(CC)C(Br)CNS(=O)(=O)N1CCC(C)CC1. The first kappa shape index (κ1) is 17.4. The molecular formula is C13H27BrN2O2S. The van der Waals surface area contributed by atoms with Gasteiger partial charge in [-0.15, -0.1) is 0 Å². The molecule has 0 saturated carbocycles. The molecule has 1 aliphatic rings. The van der Waals surface area contributed by atoms with E-state index in [2.05, 4.69) is 41.4 Å². The van der Waals surface area contributed by atoms with Crippen LogP contribution < -0.4 is 4.72 Å². The highest BCUT2D eigenvalue weighted by molar-refractivity contribution is 9.09. The summed E-state index contributed by atoms with van der Waals surface area (Å²) in [6.07, 6.45) is 4.06. The molecule has 0 spiro atoms. The van der Waals surface area contributed by atoms with Gasteiger partial charge in [-0.25, -0.2) is 4.72 Å². The highest BCUT2D eigenvalue weighted by Crippen LogP contribution is 2.21.